The first kappa shape index (κ1) is 18.8. The molecule has 1 aliphatic rings. The van der Waals surface area contributed by atoms with Crippen molar-refractivity contribution in [3.63, 3.8) is 0 Å². The number of hydrogen-bond acceptors (Lipinski definition) is 3. The minimum atomic E-state index is -0.310. The Bertz CT molecular complexity index is 230. The first-order chi connectivity index (χ1) is 7.96. The summed E-state index contributed by atoms with van der Waals surface area (Å²) in [5.74, 6) is 0. The third-order valence-corrected chi connectivity index (χ3v) is 3.33. The van der Waals surface area contributed by atoms with E-state index in [0.29, 0.717) is 0 Å². The van der Waals surface area contributed by atoms with Gasteiger partial charge in [-0.3, -0.25) is 0 Å². The van der Waals surface area contributed by atoms with Crippen molar-refractivity contribution in [2.75, 3.05) is 20.6 Å². The summed E-state index contributed by atoms with van der Waals surface area (Å²) in [5.41, 5.74) is -0.188. The molecule has 0 aromatic rings. The molecule has 1 heterocycles. The quantitative estimate of drug-likeness (QED) is 0.767. The molecule has 1 atom stereocenters. The zero-order valence-corrected chi connectivity index (χ0v) is 13.0. The molecule has 3 nitrogen and oxygen atoms in total. The molecular formula is C14H31N3. The molecule has 0 aliphatic carbocycles. The minimum Gasteiger partial charge on any atom is -0.302 e. The highest BCUT2D eigenvalue weighted by atomic mass is 15.2. The predicted molar refractivity (Wildman–Crippen MR) is 76.0 cm³/mol. The van der Waals surface area contributed by atoms with E-state index in [2.05, 4.69) is 37.2 Å². The van der Waals surface area contributed by atoms with Gasteiger partial charge in [0.25, 0.3) is 0 Å². The number of nitriles is 1. The van der Waals surface area contributed by atoms with Crippen LogP contribution >= 0.6 is 0 Å². The molecule has 1 fully saturated rings. The van der Waals surface area contributed by atoms with Crippen LogP contribution in [0.2, 0.25) is 0 Å². The standard InChI is InChI=1S/C10H19N3.2C2H6/c1-9(2)7-10(8-11,12-3)5-6-13(9)4;2*1-2/h12H,5-7H2,1-4H3;2*1-2H3. The lowest BCUT2D eigenvalue weighted by Gasteiger charge is -2.47. The van der Waals surface area contributed by atoms with Crippen molar-refractivity contribution in [3.05, 3.63) is 0 Å². The average Bonchev–Trinajstić information content (AvgIpc) is 2.38. The van der Waals surface area contributed by atoms with Crippen molar-refractivity contribution in [1.82, 2.24) is 10.2 Å². The molecule has 1 N–H and O–H groups in total. The van der Waals surface area contributed by atoms with Crippen LogP contribution in [0.25, 0.3) is 0 Å². The van der Waals surface area contributed by atoms with Crippen molar-refractivity contribution in [1.29, 1.82) is 5.26 Å². The first-order valence-electron chi connectivity index (χ1n) is 6.77. The smallest absolute Gasteiger partial charge is 0.109 e. The Kier molecular flexibility index (Phi) is 9.38. The lowest BCUT2D eigenvalue weighted by Crippen LogP contribution is -2.58. The van der Waals surface area contributed by atoms with Crippen LogP contribution in [-0.2, 0) is 0 Å². The van der Waals surface area contributed by atoms with Crippen LogP contribution < -0.4 is 5.32 Å². The number of rotatable bonds is 1. The molecule has 0 aromatic carbocycles. The third kappa shape index (κ3) is 5.06. The van der Waals surface area contributed by atoms with E-state index in [4.69, 9.17) is 5.26 Å². The summed E-state index contributed by atoms with van der Waals surface area (Å²) in [6, 6.07) is 2.41. The number of likely N-dealkylation sites (tertiary alicyclic amines) is 1. The molecule has 0 spiro atoms. The normalized spacial score (nSPS) is 26.8. The van der Waals surface area contributed by atoms with E-state index in [1.54, 1.807) is 0 Å². The Morgan fingerprint density at radius 1 is 1.18 bits per heavy atom. The van der Waals surface area contributed by atoms with Gasteiger partial charge in [0, 0.05) is 12.1 Å². The molecule has 1 aliphatic heterocycles. The van der Waals surface area contributed by atoms with Gasteiger partial charge in [-0.15, -0.1) is 0 Å². The molecule has 0 amide bonds. The van der Waals surface area contributed by atoms with Crippen LogP contribution in [0.4, 0.5) is 0 Å². The molecule has 1 rings (SSSR count). The van der Waals surface area contributed by atoms with Crippen molar-refractivity contribution < 1.29 is 0 Å². The van der Waals surface area contributed by atoms with E-state index in [1.807, 2.05) is 34.7 Å². The zero-order chi connectivity index (χ0) is 14.1. The van der Waals surface area contributed by atoms with Crippen LogP contribution in [0.1, 0.15) is 54.4 Å². The zero-order valence-electron chi connectivity index (χ0n) is 13.0. The highest BCUT2D eigenvalue weighted by Gasteiger charge is 2.41. The number of nitrogens with one attached hydrogen (secondary N) is 1. The molecule has 0 aromatic heterocycles. The maximum atomic E-state index is 9.13. The van der Waals surface area contributed by atoms with Gasteiger partial charge in [-0.25, -0.2) is 0 Å². The van der Waals surface area contributed by atoms with Crippen LogP contribution in [0.15, 0.2) is 0 Å². The predicted octanol–water partition coefficient (Wildman–Crippen LogP) is 3.02. The van der Waals surface area contributed by atoms with Gasteiger partial charge in [-0.05, 0) is 40.8 Å². The van der Waals surface area contributed by atoms with E-state index in [0.717, 1.165) is 19.4 Å². The SMILES string of the molecule is CC.CC.CNC1(C#N)CCN(C)C(C)(C)C1. The summed E-state index contributed by atoms with van der Waals surface area (Å²) in [6.07, 6.45) is 1.81. The van der Waals surface area contributed by atoms with Crippen LogP contribution in [0.5, 0.6) is 0 Å². The molecule has 17 heavy (non-hydrogen) atoms. The first-order valence-corrected chi connectivity index (χ1v) is 6.77. The van der Waals surface area contributed by atoms with Crippen LogP contribution in [-0.4, -0.2) is 36.6 Å². The van der Waals surface area contributed by atoms with Crippen molar-refractivity contribution in [2.24, 2.45) is 0 Å². The fourth-order valence-electron chi connectivity index (χ4n) is 1.99. The Morgan fingerprint density at radius 2 is 1.65 bits per heavy atom. The topological polar surface area (TPSA) is 39.1 Å². The molecule has 102 valence electrons. The van der Waals surface area contributed by atoms with E-state index in [9.17, 15) is 0 Å². The highest BCUT2D eigenvalue weighted by molar-refractivity contribution is 5.13. The molecule has 3 heteroatoms. The molecule has 1 unspecified atom stereocenters. The van der Waals surface area contributed by atoms with Crippen LogP contribution in [0.3, 0.4) is 0 Å². The maximum absolute atomic E-state index is 9.13. The summed E-state index contributed by atoms with van der Waals surface area (Å²) < 4.78 is 0. The Labute approximate surface area is 108 Å². The molecule has 0 saturated carbocycles. The second-order valence-corrected chi connectivity index (χ2v) is 4.60. The largest absolute Gasteiger partial charge is 0.302 e. The minimum absolute atomic E-state index is 0.122. The number of piperidine rings is 1. The maximum Gasteiger partial charge on any atom is 0.109 e. The summed E-state index contributed by atoms with van der Waals surface area (Å²) in [5, 5.41) is 12.3. The second-order valence-electron chi connectivity index (χ2n) is 4.60. The van der Waals surface area contributed by atoms with Crippen molar-refractivity contribution >= 4 is 0 Å². The summed E-state index contributed by atoms with van der Waals surface area (Å²) >= 11 is 0. The molecular weight excluding hydrogens is 210 g/mol. The van der Waals surface area contributed by atoms with Gasteiger partial charge in [0.1, 0.15) is 5.54 Å². The van der Waals surface area contributed by atoms with Gasteiger partial charge in [0.2, 0.25) is 0 Å². The number of hydrogen-bond donors (Lipinski definition) is 1. The Morgan fingerprint density at radius 3 is 1.94 bits per heavy atom. The lowest BCUT2D eigenvalue weighted by molar-refractivity contribution is 0.0653. The summed E-state index contributed by atoms with van der Waals surface area (Å²) in [6.45, 7) is 13.4. The molecule has 1 saturated heterocycles. The Hall–Kier alpha value is -0.590. The second kappa shape index (κ2) is 8.49. The summed E-state index contributed by atoms with van der Waals surface area (Å²) in [4.78, 5) is 2.32. The van der Waals surface area contributed by atoms with Gasteiger partial charge >= 0.3 is 0 Å². The average molecular weight is 241 g/mol. The van der Waals surface area contributed by atoms with E-state index >= 15 is 0 Å². The monoisotopic (exact) mass is 241 g/mol. The van der Waals surface area contributed by atoms with Crippen molar-refractivity contribution in [3.8, 4) is 6.07 Å². The fourth-order valence-corrected chi connectivity index (χ4v) is 1.99. The number of nitrogens with zero attached hydrogens (tertiary/aromatic N) is 2. The van der Waals surface area contributed by atoms with E-state index < -0.39 is 0 Å². The Balaban J connectivity index is 0. The van der Waals surface area contributed by atoms with Crippen molar-refractivity contribution in [2.45, 2.75) is 65.5 Å². The van der Waals surface area contributed by atoms with E-state index in [-0.39, 0.29) is 11.1 Å². The summed E-state index contributed by atoms with van der Waals surface area (Å²) in [7, 11) is 4.00. The fraction of sp³-hybridized carbons (Fsp3) is 0.929. The molecule has 0 bridgehead atoms. The van der Waals surface area contributed by atoms with Gasteiger partial charge in [-0.1, -0.05) is 27.7 Å². The third-order valence-electron chi connectivity index (χ3n) is 3.33. The van der Waals surface area contributed by atoms with Crippen LogP contribution in [0, 0.1) is 11.3 Å². The van der Waals surface area contributed by atoms with Gasteiger partial charge in [-0.2, -0.15) is 5.26 Å². The van der Waals surface area contributed by atoms with Gasteiger partial charge in [0.15, 0.2) is 0 Å². The lowest BCUT2D eigenvalue weighted by atomic mass is 9.78. The van der Waals surface area contributed by atoms with Gasteiger partial charge in [0.05, 0.1) is 6.07 Å². The van der Waals surface area contributed by atoms with E-state index in [1.165, 1.54) is 0 Å². The molecule has 0 radical (unpaired) electrons. The van der Waals surface area contributed by atoms with Gasteiger partial charge < -0.3 is 10.2 Å². The highest BCUT2D eigenvalue weighted by Crippen LogP contribution is 2.32.